The molecule has 4 nitrogen and oxygen atoms in total. The summed E-state index contributed by atoms with van der Waals surface area (Å²) in [4.78, 5) is 5.47. The van der Waals surface area contributed by atoms with E-state index in [4.69, 9.17) is 0 Å². The minimum Gasteiger partial charge on any atom is -0.313 e. The number of nitrogens with one attached hydrogen (secondary N) is 1. The van der Waals surface area contributed by atoms with Gasteiger partial charge in [-0.3, -0.25) is 4.68 Å². The summed E-state index contributed by atoms with van der Waals surface area (Å²) in [5, 5.41) is 7.30. The summed E-state index contributed by atoms with van der Waals surface area (Å²) in [6, 6.07) is 9.04. The largest absolute Gasteiger partial charge is 0.313 e. The number of aryl methyl sites for hydroxylation is 1. The Morgan fingerprint density at radius 2 is 2.06 bits per heavy atom. The molecule has 18 heavy (non-hydrogen) atoms. The van der Waals surface area contributed by atoms with E-state index in [1.807, 2.05) is 18.8 Å². The SMILES string of the molecule is CNC(C)c1ccc(SCc2ncnn2C)cc1. The molecule has 0 fully saturated rings. The third-order valence-corrected chi connectivity index (χ3v) is 3.99. The van der Waals surface area contributed by atoms with Gasteiger partial charge in [-0.2, -0.15) is 5.10 Å². The molecule has 1 unspecified atom stereocenters. The zero-order valence-electron chi connectivity index (χ0n) is 10.9. The molecule has 0 aliphatic carbocycles. The highest BCUT2D eigenvalue weighted by atomic mass is 32.2. The average molecular weight is 262 g/mol. The number of benzene rings is 1. The van der Waals surface area contributed by atoms with Crippen molar-refractivity contribution < 1.29 is 0 Å². The molecule has 0 aliphatic heterocycles. The van der Waals surface area contributed by atoms with E-state index in [9.17, 15) is 0 Å². The summed E-state index contributed by atoms with van der Waals surface area (Å²) in [7, 11) is 3.89. The fourth-order valence-electron chi connectivity index (χ4n) is 1.62. The van der Waals surface area contributed by atoms with Gasteiger partial charge in [0.1, 0.15) is 12.2 Å². The summed E-state index contributed by atoms with van der Waals surface area (Å²) in [6.45, 7) is 2.15. The molecule has 0 radical (unpaired) electrons. The fourth-order valence-corrected chi connectivity index (χ4v) is 2.50. The van der Waals surface area contributed by atoms with Gasteiger partial charge in [0.05, 0.1) is 5.75 Å². The quantitative estimate of drug-likeness (QED) is 0.840. The molecule has 0 spiro atoms. The van der Waals surface area contributed by atoms with Crippen LogP contribution in [0.15, 0.2) is 35.5 Å². The van der Waals surface area contributed by atoms with Crippen molar-refractivity contribution in [1.29, 1.82) is 0 Å². The van der Waals surface area contributed by atoms with Crippen molar-refractivity contribution in [2.45, 2.75) is 23.6 Å². The molecule has 0 saturated heterocycles. The Kier molecular flexibility index (Phi) is 4.38. The molecule has 1 aromatic heterocycles. The zero-order chi connectivity index (χ0) is 13.0. The second-order valence-corrected chi connectivity index (χ2v) is 5.22. The minimum atomic E-state index is 0.391. The topological polar surface area (TPSA) is 42.7 Å². The van der Waals surface area contributed by atoms with Crippen molar-refractivity contribution in [1.82, 2.24) is 20.1 Å². The Morgan fingerprint density at radius 3 is 2.61 bits per heavy atom. The lowest BCUT2D eigenvalue weighted by Gasteiger charge is -2.10. The van der Waals surface area contributed by atoms with Crippen LogP contribution in [-0.2, 0) is 12.8 Å². The molecule has 2 rings (SSSR count). The molecule has 5 heteroatoms. The predicted octanol–water partition coefficient (Wildman–Crippen LogP) is 2.39. The monoisotopic (exact) mass is 262 g/mol. The lowest BCUT2D eigenvalue weighted by Crippen LogP contribution is -2.11. The number of hydrogen-bond acceptors (Lipinski definition) is 4. The van der Waals surface area contributed by atoms with Crippen molar-refractivity contribution in [2.24, 2.45) is 7.05 Å². The highest BCUT2D eigenvalue weighted by Crippen LogP contribution is 2.23. The molecular formula is C13H18N4S. The maximum atomic E-state index is 4.21. The number of thioether (sulfide) groups is 1. The van der Waals surface area contributed by atoms with E-state index in [2.05, 4.69) is 46.6 Å². The molecule has 0 aliphatic rings. The second-order valence-electron chi connectivity index (χ2n) is 4.17. The first-order chi connectivity index (χ1) is 8.70. The number of hydrogen-bond donors (Lipinski definition) is 1. The maximum Gasteiger partial charge on any atom is 0.138 e. The smallest absolute Gasteiger partial charge is 0.138 e. The number of rotatable bonds is 5. The Balaban J connectivity index is 1.96. The van der Waals surface area contributed by atoms with Gasteiger partial charge >= 0.3 is 0 Å². The van der Waals surface area contributed by atoms with Crippen molar-refractivity contribution in [2.75, 3.05) is 7.05 Å². The van der Waals surface area contributed by atoms with Crippen molar-refractivity contribution >= 4 is 11.8 Å². The lowest BCUT2D eigenvalue weighted by molar-refractivity contribution is 0.652. The van der Waals surface area contributed by atoms with Gasteiger partial charge in [0, 0.05) is 18.0 Å². The van der Waals surface area contributed by atoms with Gasteiger partial charge in [0.25, 0.3) is 0 Å². The average Bonchev–Trinajstić information content (AvgIpc) is 2.81. The summed E-state index contributed by atoms with van der Waals surface area (Å²) >= 11 is 1.78. The van der Waals surface area contributed by atoms with Crippen LogP contribution in [-0.4, -0.2) is 21.8 Å². The van der Waals surface area contributed by atoms with Crippen LogP contribution in [0.4, 0.5) is 0 Å². The standard InChI is InChI=1S/C13H18N4S/c1-10(14-2)11-4-6-12(7-5-11)18-8-13-15-9-16-17(13)3/h4-7,9-10,14H,8H2,1-3H3. The minimum absolute atomic E-state index is 0.391. The van der Waals surface area contributed by atoms with Crippen molar-refractivity contribution in [3.8, 4) is 0 Å². The normalized spacial score (nSPS) is 12.6. The van der Waals surface area contributed by atoms with E-state index < -0.39 is 0 Å². The molecule has 1 heterocycles. The summed E-state index contributed by atoms with van der Waals surface area (Å²) in [5.41, 5.74) is 1.31. The van der Waals surface area contributed by atoms with E-state index >= 15 is 0 Å². The van der Waals surface area contributed by atoms with Gasteiger partial charge in [-0.25, -0.2) is 4.98 Å². The van der Waals surface area contributed by atoms with Crippen LogP contribution in [0.5, 0.6) is 0 Å². The van der Waals surface area contributed by atoms with Crippen LogP contribution in [0, 0.1) is 0 Å². The van der Waals surface area contributed by atoms with Gasteiger partial charge in [-0.15, -0.1) is 11.8 Å². The fraction of sp³-hybridized carbons (Fsp3) is 0.385. The first-order valence-electron chi connectivity index (χ1n) is 5.93. The molecule has 1 atom stereocenters. The Morgan fingerprint density at radius 1 is 1.33 bits per heavy atom. The first kappa shape index (κ1) is 13.1. The van der Waals surface area contributed by atoms with Gasteiger partial charge in [0.15, 0.2) is 0 Å². The molecule has 0 bridgehead atoms. The second kappa shape index (κ2) is 6.02. The highest BCUT2D eigenvalue weighted by molar-refractivity contribution is 7.98. The van der Waals surface area contributed by atoms with Gasteiger partial charge in [0.2, 0.25) is 0 Å². The summed E-state index contributed by atoms with van der Waals surface area (Å²) in [5.74, 6) is 1.84. The molecule has 1 N–H and O–H groups in total. The van der Waals surface area contributed by atoms with Crippen LogP contribution in [0.3, 0.4) is 0 Å². The molecule has 1 aromatic carbocycles. The Hall–Kier alpha value is -1.33. The van der Waals surface area contributed by atoms with Gasteiger partial charge in [-0.1, -0.05) is 12.1 Å². The van der Waals surface area contributed by atoms with Gasteiger partial charge < -0.3 is 5.32 Å². The lowest BCUT2D eigenvalue weighted by atomic mass is 10.1. The third-order valence-electron chi connectivity index (χ3n) is 2.99. The number of aromatic nitrogens is 3. The first-order valence-corrected chi connectivity index (χ1v) is 6.92. The Labute approximate surface area is 112 Å². The zero-order valence-corrected chi connectivity index (χ0v) is 11.7. The molecular weight excluding hydrogens is 244 g/mol. The predicted molar refractivity (Wildman–Crippen MR) is 74.5 cm³/mol. The highest BCUT2D eigenvalue weighted by Gasteiger charge is 2.04. The van der Waals surface area contributed by atoms with Crippen LogP contribution in [0.25, 0.3) is 0 Å². The van der Waals surface area contributed by atoms with Crippen molar-refractivity contribution in [3.63, 3.8) is 0 Å². The molecule has 2 aromatic rings. The molecule has 0 saturated carbocycles. The van der Waals surface area contributed by atoms with Crippen molar-refractivity contribution in [3.05, 3.63) is 42.0 Å². The van der Waals surface area contributed by atoms with E-state index in [-0.39, 0.29) is 0 Å². The van der Waals surface area contributed by atoms with Crippen LogP contribution in [0.2, 0.25) is 0 Å². The molecule has 0 amide bonds. The molecule has 96 valence electrons. The van der Waals surface area contributed by atoms with E-state index in [0.29, 0.717) is 6.04 Å². The van der Waals surface area contributed by atoms with E-state index in [0.717, 1.165) is 11.6 Å². The third kappa shape index (κ3) is 3.11. The van der Waals surface area contributed by atoms with Crippen LogP contribution in [0.1, 0.15) is 24.4 Å². The summed E-state index contributed by atoms with van der Waals surface area (Å²) < 4.78 is 1.81. The summed E-state index contributed by atoms with van der Waals surface area (Å²) in [6.07, 6.45) is 1.59. The Bertz CT molecular complexity index is 492. The van der Waals surface area contributed by atoms with Crippen LogP contribution < -0.4 is 5.32 Å². The van der Waals surface area contributed by atoms with E-state index in [1.165, 1.54) is 10.5 Å². The van der Waals surface area contributed by atoms with Gasteiger partial charge in [-0.05, 0) is 31.7 Å². The maximum absolute atomic E-state index is 4.21. The van der Waals surface area contributed by atoms with E-state index in [1.54, 1.807) is 18.1 Å². The van der Waals surface area contributed by atoms with Crippen LogP contribution >= 0.6 is 11.8 Å². The number of nitrogens with zero attached hydrogens (tertiary/aromatic N) is 3.